The zero-order valence-electron chi connectivity index (χ0n) is 11.2. The molecule has 1 aliphatic carbocycles. The van der Waals surface area contributed by atoms with E-state index in [0.717, 1.165) is 30.7 Å². The van der Waals surface area contributed by atoms with Crippen LogP contribution in [0.25, 0.3) is 0 Å². The summed E-state index contributed by atoms with van der Waals surface area (Å²) in [5, 5.41) is 0. The van der Waals surface area contributed by atoms with Crippen molar-refractivity contribution in [2.45, 2.75) is 39.2 Å². The van der Waals surface area contributed by atoms with Gasteiger partial charge in [0.25, 0.3) is 0 Å². The Balaban J connectivity index is 2.14. The van der Waals surface area contributed by atoms with Crippen molar-refractivity contribution < 1.29 is 9.53 Å². The van der Waals surface area contributed by atoms with Crippen molar-refractivity contribution in [3.63, 3.8) is 0 Å². The van der Waals surface area contributed by atoms with Crippen molar-refractivity contribution in [3.8, 4) is 0 Å². The van der Waals surface area contributed by atoms with Gasteiger partial charge in [-0.25, -0.2) is 0 Å². The normalized spacial score (nSPS) is 23.4. The number of rotatable bonds is 3. The fourth-order valence-corrected chi connectivity index (χ4v) is 2.46. The molecule has 1 saturated heterocycles. The van der Waals surface area contributed by atoms with Crippen LogP contribution < -0.4 is 0 Å². The van der Waals surface area contributed by atoms with Crippen LogP contribution in [0.2, 0.25) is 0 Å². The molecule has 2 aliphatic rings. The number of nitrogens with zero attached hydrogens (tertiary/aromatic N) is 1. The maximum Gasteiger partial charge on any atom is 0.250 e. The molecule has 1 unspecified atom stereocenters. The second-order valence-electron chi connectivity index (χ2n) is 4.79. The van der Waals surface area contributed by atoms with Crippen LogP contribution in [-0.2, 0) is 9.53 Å². The van der Waals surface area contributed by atoms with E-state index >= 15 is 0 Å². The van der Waals surface area contributed by atoms with Gasteiger partial charge in [0.2, 0.25) is 5.91 Å². The van der Waals surface area contributed by atoms with E-state index in [9.17, 15) is 4.79 Å². The van der Waals surface area contributed by atoms with Crippen LogP contribution in [0, 0.1) is 0 Å². The Hall–Kier alpha value is -1.51. The molecule has 0 aromatic rings. The second-order valence-corrected chi connectivity index (χ2v) is 4.79. The van der Waals surface area contributed by atoms with E-state index in [1.54, 1.807) is 0 Å². The molecule has 0 aromatic carbocycles. The third-order valence-corrected chi connectivity index (χ3v) is 3.45. The van der Waals surface area contributed by atoms with Crippen molar-refractivity contribution in [3.05, 3.63) is 35.6 Å². The molecule has 0 N–H and O–H groups in total. The smallest absolute Gasteiger partial charge is 0.250 e. The van der Waals surface area contributed by atoms with Crippen LogP contribution in [0.15, 0.2) is 35.6 Å². The molecule has 1 amide bonds. The van der Waals surface area contributed by atoms with Crippen molar-refractivity contribution in [1.82, 2.24) is 4.90 Å². The van der Waals surface area contributed by atoms with E-state index in [-0.39, 0.29) is 5.91 Å². The third kappa shape index (κ3) is 2.84. The minimum atomic E-state index is 0.164. The summed E-state index contributed by atoms with van der Waals surface area (Å²) in [7, 11) is 0. The fraction of sp³-hybridized carbons (Fsp3) is 0.533. The molecule has 0 aromatic heterocycles. The first-order valence-electron chi connectivity index (χ1n) is 6.73. The van der Waals surface area contributed by atoms with Crippen molar-refractivity contribution in [2.75, 3.05) is 13.2 Å². The van der Waals surface area contributed by atoms with Crippen LogP contribution in [-0.4, -0.2) is 30.0 Å². The van der Waals surface area contributed by atoms with Gasteiger partial charge in [0.1, 0.15) is 5.76 Å². The predicted octanol–water partition coefficient (Wildman–Crippen LogP) is 2.80. The molecular formula is C15H21NO2. The largest absolute Gasteiger partial charge is 0.494 e. The lowest BCUT2D eigenvalue weighted by atomic mass is 10.1. The monoisotopic (exact) mass is 247 g/mol. The molecule has 1 aliphatic heterocycles. The zero-order chi connectivity index (χ0) is 13.0. The second kappa shape index (κ2) is 5.89. The lowest BCUT2D eigenvalue weighted by Gasteiger charge is -2.22. The molecule has 0 spiro atoms. The summed E-state index contributed by atoms with van der Waals surface area (Å²) in [6.07, 6.45) is 10.7. The van der Waals surface area contributed by atoms with Crippen LogP contribution in [0.1, 0.15) is 33.1 Å². The molecular weight excluding hydrogens is 226 g/mol. The summed E-state index contributed by atoms with van der Waals surface area (Å²) in [6.45, 7) is 5.58. The van der Waals surface area contributed by atoms with E-state index in [4.69, 9.17) is 4.74 Å². The SMILES string of the molecule is CCOC1=CC=CCC(C(=O)N2CCCC2C)=C1. The molecule has 3 nitrogen and oxygen atoms in total. The van der Waals surface area contributed by atoms with Crippen LogP contribution in [0.4, 0.5) is 0 Å². The molecule has 1 atom stereocenters. The quantitative estimate of drug-likeness (QED) is 0.767. The van der Waals surface area contributed by atoms with Gasteiger partial charge in [0.15, 0.2) is 0 Å². The summed E-state index contributed by atoms with van der Waals surface area (Å²) in [4.78, 5) is 14.4. The van der Waals surface area contributed by atoms with E-state index in [0.29, 0.717) is 19.1 Å². The van der Waals surface area contributed by atoms with Crippen LogP contribution in [0.5, 0.6) is 0 Å². The number of carbonyl (C=O) groups excluding carboxylic acids is 1. The third-order valence-electron chi connectivity index (χ3n) is 3.45. The van der Waals surface area contributed by atoms with Gasteiger partial charge in [-0.3, -0.25) is 4.79 Å². The molecule has 1 heterocycles. The summed E-state index contributed by atoms with van der Waals surface area (Å²) in [5.41, 5.74) is 0.831. The van der Waals surface area contributed by atoms with Gasteiger partial charge in [-0.1, -0.05) is 12.2 Å². The highest BCUT2D eigenvalue weighted by Gasteiger charge is 2.27. The van der Waals surface area contributed by atoms with Gasteiger partial charge in [-0.05, 0) is 45.3 Å². The maximum atomic E-state index is 12.5. The van der Waals surface area contributed by atoms with Gasteiger partial charge in [0, 0.05) is 18.2 Å². The summed E-state index contributed by atoms with van der Waals surface area (Å²) < 4.78 is 5.50. The number of amides is 1. The van der Waals surface area contributed by atoms with Crippen LogP contribution >= 0.6 is 0 Å². The van der Waals surface area contributed by atoms with Gasteiger partial charge < -0.3 is 9.64 Å². The molecule has 98 valence electrons. The molecule has 18 heavy (non-hydrogen) atoms. The molecule has 0 saturated carbocycles. The van der Waals surface area contributed by atoms with Crippen molar-refractivity contribution >= 4 is 5.91 Å². The number of allylic oxidation sites excluding steroid dienone is 4. The molecule has 1 fully saturated rings. The number of ether oxygens (including phenoxy) is 1. The minimum absolute atomic E-state index is 0.164. The van der Waals surface area contributed by atoms with Crippen molar-refractivity contribution in [2.24, 2.45) is 0 Å². The van der Waals surface area contributed by atoms with E-state index in [2.05, 4.69) is 6.92 Å². The van der Waals surface area contributed by atoms with Gasteiger partial charge >= 0.3 is 0 Å². The lowest BCUT2D eigenvalue weighted by molar-refractivity contribution is -0.127. The first kappa shape index (κ1) is 12.9. The molecule has 2 rings (SSSR count). The first-order valence-corrected chi connectivity index (χ1v) is 6.73. The highest BCUT2D eigenvalue weighted by Crippen LogP contribution is 2.22. The Labute approximate surface area is 109 Å². The van der Waals surface area contributed by atoms with Gasteiger partial charge in [-0.2, -0.15) is 0 Å². The highest BCUT2D eigenvalue weighted by molar-refractivity contribution is 5.94. The fourth-order valence-electron chi connectivity index (χ4n) is 2.46. The molecule has 0 bridgehead atoms. The average molecular weight is 247 g/mol. The summed E-state index contributed by atoms with van der Waals surface area (Å²) in [6, 6.07) is 0.366. The minimum Gasteiger partial charge on any atom is -0.494 e. The highest BCUT2D eigenvalue weighted by atomic mass is 16.5. The summed E-state index contributed by atoms with van der Waals surface area (Å²) >= 11 is 0. The first-order chi connectivity index (χ1) is 8.72. The Morgan fingerprint density at radius 1 is 1.56 bits per heavy atom. The van der Waals surface area contributed by atoms with Gasteiger partial charge in [0.05, 0.1) is 6.61 Å². The maximum absolute atomic E-state index is 12.5. The van der Waals surface area contributed by atoms with Gasteiger partial charge in [-0.15, -0.1) is 0 Å². The zero-order valence-corrected chi connectivity index (χ0v) is 11.2. The Kier molecular flexibility index (Phi) is 4.24. The summed E-state index contributed by atoms with van der Waals surface area (Å²) in [5.74, 6) is 0.943. The average Bonchev–Trinajstić information content (AvgIpc) is 2.64. The topological polar surface area (TPSA) is 29.5 Å². The van der Waals surface area contributed by atoms with E-state index in [1.165, 1.54) is 0 Å². The Morgan fingerprint density at radius 2 is 2.39 bits per heavy atom. The van der Waals surface area contributed by atoms with E-state index in [1.807, 2.05) is 36.1 Å². The molecule has 3 heteroatoms. The number of carbonyl (C=O) groups is 1. The van der Waals surface area contributed by atoms with Crippen LogP contribution in [0.3, 0.4) is 0 Å². The molecule has 0 radical (unpaired) electrons. The van der Waals surface area contributed by atoms with Crippen molar-refractivity contribution in [1.29, 1.82) is 0 Å². The lowest BCUT2D eigenvalue weighted by Crippen LogP contribution is -2.34. The Bertz CT molecular complexity index is 407. The standard InChI is InChI=1S/C15H21NO2/c1-3-18-14-9-5-4-8-13(11-14)15(17)16-10-6-7-12(16)2/h4-5,9,11-12H,3,6-8,10H2,1-2H3. The Morgan fingerprint density at radius 3 is 3.06 bits per heavy atom. The number of hydrogen-bond acceptors (Lipinski definition) is 2. The number of likely N-dealkylation sites (tertiary alicyclic amines) is 1. The predicted molar refractivity (Wildman–Crippen MR) is 72.0 cm³/mol. The number of hydrogen-bond donors (Lipinski definition) is 0. The van der Waals surface area contributed by atoms with E-state index < -0.39 is 0 Å².